The molecular formula is C18H14N4O. The molecule has 2 atom stereocenters. The Kier molecular flexibility index (Phi) is 2.53. The summed E-state index contributed by atoms with van der Waals surface area (Å²) in [6.07, 6.45) is 8.74. The van der Waals surface area contributed by atoms with Crippen molar-refractivity contribution >= 4 is 5.78 Å². The Hall–Kier alpha value is -2.82. The number of nitrogens with zero attached hydrogens (tertiary/aromatic N) is 4. The van der Waals surface area contributed by atoms with Gasteiger partial charge in [0.25, 0.3) is 0 Å². The minimum atomic E-state index is -0.0803. The van der Waals surface area contributed by atoms with Crippen LogP contribution in [0.4, 0.5) is 0 Å². The van der Waals surface area contributed by atoms with E-state index in [9.17, 15) is 4.79 Å². The lowest BCUT2D eigenvalue weighted by Gasteiger charge is -2.29. The number of benzene rings is 1. The van der Waals surface area contributed by atoms with E-state index in [0.29, 0.717) is 0 Å². The fraction of sp³-hybridized carbons (Fsp3) is 0.222. The molecule has 5 nitrogen and oxygen atoms in total. The molecule has 0 amide bonds. The molecule has 23 heavy (non-hydrogen) atoms. The Morgan fingerprint density at radius 1 is 1.04 bits per heavy atom. The molecule has 112 valence electrons. The van der Waals surface area contributed by atoms with Crippen LogP contribution >= 0.6 is 0 Å². The van der Waals surface area contributed by atoms with Crippen LogP contribution in [-0.2, 0) is 6.42 Å². The molecule has 0 bridgehead atoms. The Balaban J connectivity index is 1.65. The van der Waals surface area contributed by atoms with Crippen molar-refractivity contribution in [3.8, 4) is 11.3 Å². The van der Waals surface area contributed by atoms with Crippen molar-refractivity contribution in [2.75, 3.05) is 0 Å². The zero-order valence-corrected chi connectivity index (χ0v) is 12.4. The highest BCUT2D eigenvalue weighted by molar-refractivity contribution is 6.00. The largest absolute Gasteiger partial charge is 0.322 e. The summed E-state index contributed by atoms with van der Waals surface area (Å²) in [5, 5.41) is 7.80. The molecule has 0 saturated heterocycles. The Morgan fingerprint density at radius 3 is 2.87 bits per heavy atom. The molecule has 1 aliphatic carbocycles. The summed E-state index contributed by atoms with van der Waals surface area (Å²) in [6, 6.07) is 8.33. The number of fused-ring (bicyclic) bond motifs is 4. The van der Waals surface area contributed by atoms with E-state index < -0.39 is 0 Å². The molecule has 0 fully saturated rings. The second-order valence-corrected chi connectivity index (χ2v) is 6.16. The van der Waals surface area contributed by atoms with Crippen molar-refractivity contribution in [3.63, 3.8) is 0 Å². The van der Waals surface area contributed by atoms with Gasteiger partial charge in [0.15, 0.2) is 5.78 Å². The van der Waals surface area contributed by atoms with Crippen LogP contribution in [0.3, 0.4) is 0 Å². The van der Waals surface area contributed by atoms with Gasteiger partial charge >= 0.3 is 0 Å². The average Bonchev–Trinajstić information content (AvgIpc) is 3.17. The third-order valence-corrected chi connectivity index (χ3v) is 5.04. The maximum atomic E-state index is 13.0. The zero-order chi connectivity index (χ0) is 15.4. The van der Waals surface area contributed by atoms with Crippen LogP contribution in [0, 0.1) is 5.92 Å². The van der Waals surface area contributed by atoms with E-state index in [-0.39, 0.29) is 17.7 Å². The number of imidazole rings is 1. The molecule has 2 unspecified atom stereocenters. The molecule has 0 N–H and O–H groups in total. The first-order valence-electron chi connectivity index (χ1n) is 7.79. The van der Waals surface area contributed by atoms with Crippen LogP contribution in [0.25, 0.3) is 11.3 Å². The highest BCUT2D eigenvalue weighted by Crippen LogP contribution is 2.46. The molecule has 1 aromatic carbocycles. The lowest BCUT2D eigenvalue weighted by Crippen LogP contribution is -2.30. The fourth-order valence-corrected chi connectivity index (χ4v) is 3.99. The molecule has 3 heterocycles. The summed E-state index contributed by atoms with van der Waals surface area (Å²) in [5.74, 6) is 0.0887. The molecule has 2 aliphatic rings. The number of aromatic nitrogens is 4. The third kappa shape index (κ3) is 1.67. The van der Waals surface area contributed by atoms with E-state index in [0.717, 1.165) is 29.7 Å². The summed E-state index contributed by atoms with van der Waals surface area (Å²) in [7, 11) is 0. The van der Waals surface area contributed by atoms with E-state index in [1.165, 1.54) is 11.1 Å². The molecule has 5 rings (SSSR count). The quantitative estimate of drug-likeness (QED) is 0.693. The predicted molar refractivity (Wildman–Crippen MR) is 84.0 cm³/mol. The van der Waals surface area contributed by atoms with Crippen LogP contribution in [0.1, 0.15) is 33.9 Å². The fourth-order valence-electron chi connectivity index (χ4n) is 3.99. The van der Waals surface area contributed by atoms with Gasteiger partial charge < -0.3 is 4.57 Å². The zero-order valence-electron chi connectivity index (χ0n) is 12.4. The number of rotatable bonds is 1. The number of carbonyl (C=O) groups excluding carboxylic acids is 1. The molecule has 0 saturated carbocycles. The molecule has 0 radical (unpaired) electrons. The molecule has 1 aliphatic heterocycles. The Morgan fingerprint density at radius 2 is 1.91 bits per heavy atom. The smallest absolute Gasteiger partial charge is 0.170 e. The number of Topliss-reactive ketones (excluding diaryl/α,β-unsaturated/α-hetero) is 1. The summed E-state index contributed by atoms with van der Waals surface area (Å²) >= 11 is 0. The van der Waals surface area contributed by atoms with Gasteiger partial charge in [0.1, 0.15) is 0 Å². The van der Waals surface area contributed by atoms with Crippen LogP contribution < -0.4 is 0 Å². The van der Waals surface area contributed by atoms with Crippen molar-refractivity contribution in [1.29, 1.82) is 0 Å². The maximum absolute atomic E-state index is 13.0. The summed E-state index contributed by atoms with van der Waals surface area (Å²) < 4.78 is 2.15. The summed E-state index contributed by atoms with van der Waals surface area (Å²) in [4.78, 5) is 17.3. The highest BCUT2D eigenvalue weighted by Gasteiger charge is 2.40. The lowest BCUT2D eigenvalue weighted by molar-refractivity contribution is 0.0870. The Bertz CT molecular complexity index is 930. The van der Waals surface area contributed by atoms with Crippen molar-refractivity contribution in [2.45, 2.75) is 18.9 Å². The third-order valence-electron chi connectivity index (χ3n) is 5.04. The van der Waals surface area contributed by atoms with Crippen molar-refractivity contribution in [3.05, 3.63) is 65.9 Å². The van der Waals surface area contributed by atoms with Crippen LogP contribution in [0.2, 0.25) is 0 Å². The van der Waals surface area contributed by atoms with Gasteiger partial charge in [-0.25, -0.2) is 4.98 Å². The molecule has 5 heteroatoms. The second kappa shape index (κ2) is 4.59. The van der Waals surface area contributed by atoms with Gasteiger partial charge in [-0.2, -0.15) is 10.2 Å². The van der Waals surface area contributed by atoms with Gasteiger partial charge in [0.2, 0.25) is 0 Å². The Labute approximate surface area is 133 Å². The summed E-state index contributed by atoms with van der Waals surface area (Å²) in [5.41, 5.74) is 5.23. The van der Waals surface area contributed by atoms with Gasteiger partial charge in [0.05, 0.1) is 36.7 Å². The number of hydrogen-bond donors (Lipinski definition) is 0. The number of carbonyl (C=O) groups is 1. The first-order valence-corrected chi connectivity index (χ1v) is 7.79. The SMILES string of the molecule is O=C1c2cnncc2CCC1C1c2ccccc2-c2cncn21. The molecule has 3 aromatic rings. The van der Waals surface area contributed by atoms with Gasteiger partial charge in [-0.3, -0.25) is 4.79 Å². The number of aryl methyl sites for hydroxylation is 1. The number of hydrogen-bond acceptors (Lipinski definition) is 4. The standard InChI is InChI=1S/C18H14N4O/c23-18-14(6-5-11-7-20-21-8-15(11)18)17-13-4-2-1-3-12(13)16-9-19-10-22(16)17/h1-4,7-10,14,17H,5-6H2. The maximum Gasteiger partial charge on any atom is 0.170 e. The number of ketones is 1. The van der Waals surface area contributed by atoms with Crippen LogP contribution in [0.5, 0.6) is 0 Å². The van der Waals surface area contributed by atoms with Gasteiger partial charge in [-0.1, -0.05) is 24.3 Å². The minimum absolute atomic E-state index is 0.0255. The second-order valence-electron chi connectivity index (χ2n) is 6.16. The van der Waals surface area contributed by atoms with E-state index in [1.807, 2.05) is 24.7 Å². The average molecular weight is 302 g/mol. The molecule has 0 spiro atoms. The van der Waals surface area contributed by atoms with Crippen molar-refractivity contribution in [2.24, 2.45) is 5.92 Å². The van der Waals surface area contributed by atoms with E-state index in [1.54, 1.807) is 12.4 Å². The lowest BCUT2D eigenvalue weighted by atomic mass is 9.78. The van der Waals surface area contributed by atoms with Crippen LogP contribution in [0.15, 0.2) is 49.2 Å². The van der Waals surface area contributed by atoms with E-state index in [4.69, 9.17) is 0 Å². The first-order chi connectivity index (χ1) is 11.3. The van der Waals surface area contributed by atoms with Gasteiger partial charge in [-0.05, 0) is 24.0 Å². The van der Waals surface area contributed by atoms with Crippen molar-refractivity contribution < 1.29 is 4.79 Å². The normalized spacial score (nSPS) is 21.7. The molecule has 2 aromatic heterocycles. The topological polar surface area (TPSA) is 60.7 Å². The predicted octanol–water partition coefficient (Wildman–Crippen LogP) is 2.69. The first kappa shape index (κ1) is 12.7. The van der Waals surface area contributed by atoms with Gasteiger partial charge in [0, 0.05) is 17.0 Å². The summed E-state index contributed by atoms with van der Waals surface area (Å²) in [6.45, 7) is 0. The van der Waals surface area contributed by atoms with E-state index >= 15 is 0 Å². The minimum Gasteiger partial charge on any atom is -0.322 e. The highest BCUT2D eigenvalue weighted by atomic mass is 16.1. The van der Waals surface area contributed by atoms with Gasteiger partial charge in [-0.15, -0.1) is 0 Å². The van der Waals surface area contributed by atoms with Crippen molar-refractivity contribution in [1.82, 2.24) is 19.7 Å². The van der Waals surface area contributed by atoms with E-state index in [2.05, 4.69) is 31.9 Å². The molecular weight excluding hydrogens is 288 g/mol. The van der Waals surface area contributed by atoms with Crippen LogP contribution in [-0.4, -0.2) is 25.5 Å². The monoisotopic (exact) mass is 302 g/mol.